The molecule has 0 spiro atoms. The molecule has 0 saturated carbocycles. The number of hydrogen-bond acceptors (Lipinski definition) is 5. The lowest BCUT2D eigenvalue weighted by Crippen LogP contribution is -2.37. The van der Waals surface area contributed by atoms with Crippen molar-refractivity contribution in [1.82, 2.24) is 0 Å². The lowest BCUT2D eigenvalue weighted by Gasteiger charge is -2.18. The summed E-state index contributed by atoms with van der Waals surface area (Å²) in [7, 11) is -3.35. The van der Waals surface area contributed by atoms with Crippen molar-refractivity contribution in [2.24, 2.45) is 16.8 Å². The summed E-state index contributed by atoms with van der Waals surface area (Å²) in [6.45, 7) is 0. The topological polar surface area (TPSA) is 92.8 Å². The van der Waals surface area contributed by atoms with Crippen molar-refractivity contribution >= 4 is 27.4 Å². The smallest absolute Gasteiger partial charge is 0.399 e. The minimum atomic E-state index is -4.63. The predicted molar refractivity (Wildman–Crippen MR) is 73.2 cm³/mol. The molecule has 0 aliphatic heterocycles. The van der Waals surface area contributed by atoms with Crippen LogP contribution in [0, 0.1) is 5.92 Å². The molecular weight excluding hydrogens is 329 g/mol. The maximum Gasteiger partial charge on any atom is 0.399 e. The van der Waals surface area contributed by atoms with Crippen molar-refractivity contribution in [3.8, 4) is 0 Å². The van der Waals surface area contributed by atoms with Gasteiger partial charge in [0.25, 0.3) is 0 Å². The highest BCUT2D eigenvalue weighted by atomic mass is 32.2. The van der Waals surface area contributed by atoms with E-state index in [1.165, 1.54) is 24.3 Å². The van der Waals surface area contributed by atoms with Gasteiger partial charge < -0.3 is 10.9 Å². The molecule has 0 fully saturated rings. The molecule has 3 N–H and O–H groups in total. The van der Waals surface area contributed by atoms with Crippen LogP contribution in [0.25, 0.3) is 0 Å². The quantitative estimate of drug-likeness (QED) is 0.281. The summed E-state index contributed by atoms with van der Waals surface area (Å²) in [5, 5.41) is 10.8. The lowest BCUT2D eigenvalue weighted by molar-refractivity contribution is -0.150. The van der Waals surface area contributed by atoms with Gasteiger partial charge in [0.1, 0.15) is 5.92 Å². The van der Waals surface area contributed by atoms with Crippen molar-refractivity contribution in [2.45, 2.75) is 16.0 Å². The molecule has 0 radical (unpaired) electrons. The number of alkyl halides is 3. The van der Waals surface area contributed by atoms with Crippen molar-refractivity contribution in [3.05, 3.63) is 24.3 Å². The second-order valence-electron chi connectivity index (χ2n) is 4.17. The van der Waals surface area contributed by atoms with E-state index >= 15 is 0 Å². The van der Waals surface area contributed by atoms with E-state index in [1.807, 2.05) is 0 Å². The second kappa shape index (κ2) is 6.56. The zero-order valence-electron chi connectivity index (χ0n) is 10.8. The van der Waals surface area contributed by atoms with E-state index in [4.69, 9.17) is 10.9 Å². The Morgan fingerprint density at radius 3 is 2.29 bits per heavy atom. The molecule has 5 nitrogen and oxygen atoms in total. The Hall–Kier alpha value is -1.42. The standard InChI is InChI=1S/C11H13F3N2O3S2/c1-21(18,19)8-4-2-7(3-5-8)20-6-9(10(15)16-17)11(12,13)14/h2-5,9,17H,6H2,1H3,(H2,15,16). The van der Waals surface area contributed by atoms with Crippen LogP contribution in [-0.2, 0) is 9.84 Å². The van der Waals surface area contributed by atoms with Crippen LogP contribution >= 0.6 is 11.8 Å². The Bertz CT molecular complexity index is 613. The molecule has 1 aromatic carbocycles. The van der Waals surface area contributed by atoms with Crippen LogP contribution in [0.15, 0.2) is 39.2 Å². The summed E-state index contributed by atoms with van der Waals surface area (Å²) < 4.78 is 60.7. The van der Waals surface area contributed by atoms with Gasteiger partial charge in [-0.3, -0.25) is 0 Å². The lowest BCUT2D eigenvalue weighted by atomic mass is 10.1. The van der Waals surface area contributed by atoms with Gasteiger partial charge in [0.15, 0.2) is 15.7 Å². The van der Waals surface area contributed by atoms with E-state index in [0.717, 1.165) is 18.0 Å². The summed E-state index contributed by atoms with van der Waals surface area (Å²) in [6, 6.07) is 5.43. The monoisotopic (exact) mass is 342 g/mol. The molecule has 10 heteroatoms. The number of thioether (sulfide) groups is 1. The van der Waals surface area contributed by atoms with Crippen LogP contribution in [-0.4, -0.2) is 37.6 Å². The first-order valence-corrected chi connectivity index (χ1v) is 8.40. The molecule has 0 aliphatic rings. The zero-order chi connectivity index (χ0) is 16.3. The summed E-state index contributed by atoms with van der Waals surface area (Å²) in [6.07, 6.45) is -3.59. The van der Waals surface area contributed by atoms with Gasteiger partial charge in [-0.05, 0) is 24.3 Å². The average Bonchev–Trinajstić information content (AvgIpc) is 2.36. The normalized spacial score (nSPS) is 15.0. The van der Waals surface area contributed by atoms with Gasteiger partial charge >= 0.3 is 6.18 Å². The first kappa shape index (κ1) is 17.6. The summed E-state index contributed by atoms with van der Waals surface area (Å²) in [4.78, 5) is 0.526. The van der Waals surface area contributed by atoms with Crippen LogP contribution in [0.3, 0.4) is 0 Å². The van der Waals surface area contributed by atoms with Crippen molar-refractivity contribution in [3.63, 3.8) is 0 Å². The predicted octanol–water partition coefficient (Wildman–Crippen LogP) is 2.11. The SMILES string of the molecule is CS(=O)(=O)c1ccc(SCC(/C(N)=N/O)C(F)(F)F)cc1. The minimum absolute atomic E-state index is 0.0793. The molecule has 0 aliphatic carbocycles. The summed E-state index contributed by atoms with van der Waals surface area (Å²) in [5.74, 6) is -3.47. The molecule has 0 heterocycles. The van der Waals surface area contributed by atoms with Crippen LogP contribution in [0.2, 0.25) is 0 Å². The highest BCUT2D eigenvalue weighted by Crippen LogP contribution is 2.32. The Balaban J connectivity index is 2.82. The van der Waals surface area contributed by atoms with Gasteiger partial charge in [0.2, 0.25) is 0 Å². The highest BCUT2D eigenvalue weighted by Gasteiger charge is 2.42. The third kappa shape index (κ3) is 5.12. The van der Waals surface area contributed by atoms with Crippen LogP contribution in [0.4, 0.5) is 13.2 Å². The van der Waals surface area contributed by atoms with E-state index in [9.17, 15) is 21.6 Å². The maximum atomic E-state index is 12.7. The Morgan fingerprint density at radius 1 is 1.38 bits per heavy atom. The third-order valence-electron chi connectivity index (χ3n) is 2.54. The largest absolute Gasteiger partial charge is 0.409 e. The molecule has 0 amide bonds. The molecular formula is C11H13F3N2O3S2. The third-order valence-corrected chi connectivity index (χ3v) is 4.77. The number of sulfone groups is 1. The zero-order valence-corrected chi connectivity index (χ0v) is 12.5. The van der Waals surface area contributed by atoms with E-state index in [0.29, 0.717) is 4.90 Å². The van der Waals surface area contributed by atoms with Gasteiger partial charge in [-0.25, -0.2) is 8.42 Å². The Morgan fingerprint density at radius 2 is 1.90 bits per heavy atom. The molecule has 21 heavy (non-hydrogen) atoms. The van der Waals surface area contributed by atoms with E-state index in [1.54, 1.807) is 0 Å². The van der Waals surface area contributed by atoms with Gasteiger partial charge in [0.05, 0.1) is 4.90 Å². The molecule has 118 valence electrons. The van der Waals surface area contributed by atoms with E-state index in [2.05, 4.69) is 5.16 Å². The van der Waals surface area contributed by atoms with Crippen LogP contribution in [0.5, 0.6) is 0 Å². The highest BCUT2D eigenvalue weighted by molar-refractivity contribution is 7.99. The molecule has 1 rings (SSSR count). The van der Waals surface area contributed by atoms with Crippen LogP contribution in [0.1, 0.15) is 0 Å². The number of nitrogens with two attached hydrogens (primary N) is 1. The second-order valence-corrected chi connectivity index (χ2v) is 7.28. The van der Waals surface area contributed by atoms with E-state index < -0.39 is 33.5 Å². The van der Waals surface area contributed by atoms with Crippen molar-refractivity contribution in [2.75, 3.05) is 12.0 Å². The van der Waals surface area contributed by atoms with Crippen LogP contribution < -0.4 is 5.73 Å². The minimum Gasteiger partial charge on any atom is -0.409 e. The maximum absolute atomic E-state index is 12.7. The number of oxime groups is 1. The first-order chi connectivity index (χ1) is 9.55. The average molecular weight is 342 g/mol. The fourth-order valence-corrected chi connectivity index (χ4v) is 3.06. The van der Waals surface area contributed by atoms with Crippen molar-refractivity contribution in [1.29, 1.82) is 0 Å². The number of halogens is 3. The van der Waals surface area contributed by atoms with Gasteiger partial charge in [0, 0.05) is 16.9 Å². The number of nitrogens with zero attached hydrogens (tertiary/aromatic N) is 1. The Labute approximate surface area is 123 Å². The fraction of sp³-hybridized carbons (Fsp3) is 0.364. The number of hydrogen-bond donors (Lipinski definition) is 2. The molecule has 1 aromatic rings. The van der Waals surface area contributed by atoms with Gasteiger partial charge in [-0.15, -0.1) is 11.8 Å². The molecule has 0 bridgehead atoms. The van der Waals surface area contributed by atoms with Gasteiger partial charge in [-0.2, -0.15) is 13.2 Å². The Kier molecular flexibility index (Phi) is 5.51. The van der Waals surface area contributed by atoms with Crippen molar-refractivity contribution < 1.29 is 26.8 Å². The number of amidine groups is 1. The summed E-state index contributed by atoms with van der Waals surface area (Å²) in [5.41, 5.74) is 5.04. The molecule has 0 aromatic heterocycles. The number of rotatable bonds is 5. The fourth-order valence-electron chi connectivity index (χ4n) is 1.38. The summed E-state index contributed by atoms with van der Waals surface area (Å²) >= 11 is 0.832. The van der Waals surface area contributed by atoms with E-state index in [-0.39, 0.29) is 4.90 Å². The first-order valence-electron chi connectivity index (χ1n) is 5.52. The molecule has 1 atom stereocenters. The number of benzene rings is 1. The van der Waals surface area contributed by atoms with Gasteiger partial charge in [-0.1, -0.05) is 5.16 Å². The molecule has 1 unspecified atom stereocenters. The molecule has 0 saturated heterocycles.